The molecule has 4 aromatic rings. The van der Waals surface area contributed by atoms with Crippen LogP contribution in [0.15, 0.2) is 61.5 Å². The minimum absolute atomic E-state index is 0.0645. The smallest absolute Gasteiger partial charge is 0.136 e. The number of H-pyrrole nitrogens is 1. The van der Waals surface area contributed by atoms with Crippen LogP contribution in [-0.4, -0.2) is 75.6 Å². The molecule has 0 spiro atoms. The molecule has 2 aromatic heterocycles. The normalized spacial score (nSPS) is 15.7. The van der Waals surface area contributed by atoms with Crippen LogP contribution >= 0.6 is 11.6 Å². The molecule has 1 atom stereocenters. The summed E-state index contributed by atoms with van der Waals surface area (Å²) in [6.07, 6.45) is 4.30. The van der Waals surface area contributed by atoms with Crippen LogP contribution in [0.5, 0.6) is 5.75 Å². The van der Waals surface area contributed by atoms with Crippen LogP contribution in [-0.2, 0) is 0 Å². The molecular weight excluding hydrogens is 588 g/mol. The highest BCUT2D eigenvalue weighted by atomic mass is 35.5. The Morgan fingerprint density at radius 3 is 2.56 bits per heavy atom. The molecule has 1 aliphatic heterocycles. The summed E-state index contributed by atoms with van der Waals surface area (Å²) in [5.41, 5.74) is 9.99. The van der Waals surface area contributed by atoms with E-state index in [4.69, 9.17) is 27.1 Å². The van der Waals surface area contributed by atoms with Gasteiger partial charge in [0.2, 0.25) is 0 Å². The number of hydrogen-bond donors (Lipinski definition) is 5. The number of imidazole rings is 1. The quantitative estimate of drug-likeness (QED) is 0.0935. The molecule has 6 N–H and O–H groups in total. The summed E-state index contributed by atoms with van der Waals surface area (Å²) in [5.74, 6) is 1.25. The standard InChI is InChI=1S/C33H41ClN6O3.C2H4/c1-20-5-6-23(34)15-32(20)43-19-25(42)18-36-29(10-14-41)26(7-11-35)33-37-30-16-27-21(2)40(24-8-12-39(4)13-9-24)22(3)28(27)17-31(30)38-33;1-2/h5-6,10,14-17,24-25,36,41-42H,2-3,7-9,11-13,18-19,35H2,1,4H3,(H,37,38);1-2H2/b14-10-,29-26-;. The van der Waals surface area contributed by atoms with Gasteiger partial charge >= 0.3 is 0 Å². The van der Waals surface area contributed by atoms with Crippen molar-refractivity contribution in [3.05, 3.63) is 88.6 Å². The van der Waals surface area contributed by atoms with E-state index in [0.717, 1.165) is 75.8 Å². The fraction of sp³-hybridized carbons (Fsp3) is 0.343. The summed E-state index contributed by atoms with van der Waals surface area (Å²) in [5, 5.41) is 28.2. The summed E-state index contributed by atoms with van der Waals surface area (Å²) in [6, 6.07) is 9.94. The summed E-state index contributed by atoms with van der Waals surface area (Å²) >= 11 is 6.08. The van der Waals surface area contributed by atoms with Crippen molar-refractivity contribution >= 4 is 52.1 Å². The minimum atomic E-state index is -0.831. The fourth-order valence-electron chi connectivity index (χ4n) is 5.86. The van der Waals surface area contributed by atoms with Crippen LogP contribution in [0.1, 0.15) is 36.7 Å². The molecule has 9 nitrogen and oxygen atoms in total. The molecule has 1 fully saturated rings. The number of nitrogens with one attached hydrogen (secondary N) is 2. The van der Waals surface area contributed by atoms with Crippen molar-refractivity contribution in [1.29, 1.82) is 0 Å². The molecule has 10 heteroatoms. The zero-order valence-electron chi connectivity index (χ0n) is 26.3. The van der Waals surface area contributed by atoms with Crippen LogP contribution in [0.2, 0.25) is 5.02 Å². The number of rotatable bonds is 11. The van der Waals surface area contributed by atoms with E-state index in [2.05, 4.69) is 65.3 Å². The van der Waals surface area contributed by atoms with Gasteiger partial charge in [-0.05, 0) is 88.8 Å². The van der Waals surface area contributed by atoms with Gasteiger partial charge in [0.25, 0.3) is 0 Å². The first kappa shape index (κ1) is 33.9. The van der Waals surface area contributed by atoms with E-state index in [9.17, 15) is 10.2 Å². The lowest BCUT2D eigenvalue weighted by molar-refractivity contribution is 0.108. The lowest BCUT2D eigenvalue weighted by atomic mass is 10.1. The molecule has 1 saturated heterocycles. The number of aliphatic hydroxyl groups excluding tert-OH is 2. The first-order valence-electron chi connectivity index (χ1n) is 15.2. The van der Waals surface area contributed by atoms with Gasteiger partial charge in [-0.2, -0.15) is 0 Å². The summed E-state index contributed by atoms with van der Waals surface area (Å²) in [4.78, 5) is 10.7. The van der Waals surface area contributed by atoms with Crippen LogP contribution in [0.4, 0.5) is 0 Å². The van der Waals surface area contributed by atoms with E-state index < -0.39 is 6.10 Å². The molecule has 1 aliphatic rings. The number of aromatic amines is 1. The van der Waals surface area contributed by atoms with Gasteiger partial charge in [0.15, 0.2) is 0 Å². The highest BCUT2D eigenvalue weighted by Crippen LogP contribution is 2.26. The Hall–Kier alpha value is -4.02. The number of aryl methyl sites for hydroxylation is 1. The van der Waals surface area contributed by atoms with E-state index in [0.29, 0.717) is 41.3 Å². The Bertz CT molecular complexity index is 1720. The summed E-state index contributed by atoms with van der Waals surface area (Å²) < 4.78 is 8.09. The van der Waals surface area contributed by atoms with Crippen LogP contribution in [0, 0.1) is 6.92 Å². The third kappa shape index (κ3) is 7.62. The number of allylic oxidation sites excluding steroid dienone is 1. The minimum Gasteiger partial charge on any atom is -0.516 e. The summed E-state index contributed by atoms with van der Waals surface area (Å²) in [7, 11) is 2.16. The van der Waals surface area contributed by atoms with Gasteiger partial charge in [0.05, 0.1) is 17.3 Å². The van der Waals surface area contributed by atoms with E-state index in [1.54, 1.807) is 12.1 Å². The first-order valence-corrected chi connectivity index (χ1v) is 15.5. The first-order chi connectivity index (χ1) is 21.7. The SMILES string of the molecule is C=C.C=c1c2cc3nc(/C(CCN)=C(/C=C\O)NCC(O)COc4cc(Cl)ccc4C)[nH]c3cc2c(=C)n1C1CCN(C)CC1. The predicted molar refractivity (Wildman–Crippen MR) is 187 cm³/mol. The number of ether oxygens (including phenoxy) is 1. The number of likely N-dealkylation sites (tertiary alicyclic amines) is 1. The number of benzene rings is 2. The Labute approximate surface area is 269 Å². The van der Waals surface area contributed by atoms with Crippen LogP contribution < -0.4 is 26.5 Å². The molecule has 0 aliphatic carbocycles. The second-order valence-electron chi connectivity index (χ2n) is 11.3. The van der Waals surface area contributed by atoms with Crippen molar-refractivity contribution < 1.29 is 14.9 Å². The number of fused-ring (bicyclic) bond motifs is 2. The fourth-order valence-corrected chi connectivity index (χ4v) is 6.02. The van der Waals surface area contributed by atoms with Gasteiger partial charge in [-0.3, -0.25) is 0 Å². The van der Waals surface area contributed by atoms with Gasteiger partial charge in [0, 0.05) is 50.4 Å². The third-order valence-electron chi connectivity index (χ3n) is 8.23. The van der Waals surface area contributed by atoms with Crippen LogP contribution in [0.3, 0.4) is 0 Å². The highest BCUT2D eigenvalue weighted by Gasteiger charge is 2.21. The number of aromatic nitrogens is 3. The predicted octanol–water partition coefficient (Wildman–Crippen LogP) is 4.53. The zero-order valence-corrected chi connectivity index (χ0v) is 27.0. The summed E-state index contributed by atoms with van der Waals surface area (Å²) in [6.45, 7) is 19.5. The van der Waals surface area contributed by atoms with Crippen molar-refractivity contribution in [2.75, 3.05) is 39.8 Å². The molecule has 240 valence electrons. The molecule has 0 radical (unpaired) electrons. The average molecular weight is 633 g/mol. The topological polar surface area (TPSA) is 125 Å². The largest absolute Gasteiger partial charge is 0.516 e. The van der Waals surface area contributed by atoms with E-state index >= 15 is 0 Å². The van der Waals surface area contributed by atoms with Crippen molar-refractivity contribution in [3.8, 4) is 5.75 Å². The molecule has 2 aromatic carbocycles. The lowest BCUT2D eigenvalue weighted by Gasteiger charge is -2.30. The maximum absolute atomic E-state index is 10.7. The van der Waals surface area contributed by atoms with Crippen molar-refractivity contribution in [3.63, 3.8) is 0 Å². The van der Waals surface area contributed by atoms with Crippen molar-refractivity contribution in [2.45, 2.75) is 38.3 Å². The van der Waals surface area contributed by atoms with Gasteiger partial charge in [-0.15, -0.1) is 13.2 Å². The monoisotopic (exact) mass is 632 g/mol. The van der Waals surface area contributed by atoms with E-state index in [1.165, 1.54) is 6.08 Å². The molecule has 0 amide bonds. The molecular formula is C35H45ClN6O3. The second kappa shape index (κ2) is 15.3. The van der Waals surface area contributed by atoms with Crippen molar-refractivity contribution in [2.24, 2.45) is 5.73 Å². The van der Waals surface area contributed by atoms with Crippen LogP contribution in [0.25, 0.3) is 40.5 Å². The molecule has 45 heavy (non-hydrogen) atoms. The van der Waals surface area contributed by atoms with Gasteiger partial charge in [-0.25, -0.2) is 4.98 Å². The Morgan fingerprint density at radius 2 is 1.89 bits per heavy atom. The molecule has 5 rings (SSSR count). The highest BCUT2D eigenvalue weighted by molar-refractivity contribution is 6.30. The number of aliphatic hydroxyl groups is 2. The zero-order chi connectivity index (χ0) is 32.7. The van der Waals surface area contributed by atoms with Gasteiger partial charge in [0.1, 0.15) is 24.3 Å². The van der Waals surface area contributed by atoms with E-state index in [-0.39, 0.29) is 13.2 Å². The van der Waals surface area contributed by atoms with Gasteiger partial charge < -0.3 is 40.5 Å². The molecule has 0 saturated carbocycles. The number of nitrogens with zero attached hydrogens (tertiary/aromatic N) is 3. The maximum atomic E-state index is 10.7. The van der Waals surface area contributed by atoms with Gasteiger partial charge in [-0.1, -0.05) is 30.8 Å². The molecule has 3 heterocycles. The third-order valence-corrected chi connectivity index (χ3v) is 8.47. The number of piperidine rings is 1. The maximum Gasteiger partial charge on any atom is 0.136 e. The molecule has 0 bridgehead atoms. The Balaban J connectivity index is 0.00000226. The number of halogens is 1. The van der Waals surface area contributed by atoms with E-state index in [1.807, 2.05) is 13.0 Å². The van der Waals surface area contributed by atoms with Crippen molar-refractivity contribution in [1.82, 2.24) is 24.8 Å². The number of nitrogens with two attached hydrogens (primary N) is 1. The Morgan fingerprint density at radius 1 is 1.20 bits per heavy atom. The Kier molecular flexibility index (Phi) is 11.5. The average Bonchev–Trinajstić information content (AvgIpc) is 3.56. The number of hydrogen-bond acceptors (Lipinski definition) is 7. The molecule has 1 unspecified atom stereocenters. The lowest BCUT2D eigenvalue weighted by Crippen LogP contribution is -2.38. The second-order valence-corrected chi connectivity index (χ2v) is 11.7.